The van der Waals surface area contributed by atoms with Crippen LogP contribution in [0.5, 0.6) is 0 Å². The Morgan fingerprint density at radius 1 is 0.867 bits per heavy atom. The topological polar surface area (TPSA) is 71.1 Å². The molecule has 4 rings (SSSR count). The minimum absolute atomic E-state index is 0.293. The fraction of sp³-hybridized carbons (Fsp3) is 0. The maximum Gasteiger partial charge on any atom is 0.255 e. The first-order chi connectivity index (χ1) is 14.6. The van der Waals surface area contributed by atoms with Gasteiger partial charge in [-0.25, -0.2) is 4.98 Å². The number of hydrogen-bond acceptors (Lipinski definition) is 4. The number of para-hydroxylation sites is 3. The van der Waals surface area contributed by atoms with E-state index in [1.165, 1.54) is 17.4 Å². The number of anilines is 2. The number of nitrogens with zero attached hydrogens (tertiary/aromatic N) is 1. The first kappa shape index (κ1) is 19.8. The van der Waals surface area contributed by atoms with E-state index in [1.54, 1.807) is 54.6 Å². The van der Waals surface area contributed by atoms with Crippen LogP contribution in [-0.2, 0) is 4.79 Å². The number of benzene rings is 3. The van der Waals surface area contributed by atoms with Gasteiger partial charge in [-0.05, 0) is 54.6 Å². The number of halogens is 1. The van der Waals surface area contributed by atoms with Crippen LogP contribution in [0.25, 0.3) is 16.3 Å². The van der Waals surface area contributed by atoms with Crippen molar-refractivity contribution >= 4 is 62.4 Å². The summed E-state index contributed by atoms with van der Waals surface area (Å²) in [5, 5.41) is 6.91. The zero-order valence-electron chi connectivity index (χ0n) is 15.6. The van der Waals surface area contributed by atoms with Gasteiger partial charge in [0.1, 0.15) is 5.01 Å². The average molecular weight is 434 g/mol. The number of thiazole rings is 1. The van der Waals surface area contributed by atoms with Crippen molar-refractivity contribution in [3.8, 4) is 0 Å². The Hall–Kier alpha value is -3.48. The molecule has 0 saturated carbocycles. The molecule has 1 aromatic heterocycles. The van der Waals surface area contributed by atoms with Gasteiger partial charge in [-0.1, -0.05) is 35.9 Å². The summed E-state index contributed by atoms with van der Waals surface area (Å²) in [7, 11) is 0. The normalized spacial score (nSPS) is 11.0. The van der Waals surface area contributed by atoms with Crippen molar-refractivity contribution < 1.29 is 9.59 Å². The number of fused-ring (bicyclic) bond motifs is 1. The predicted octanol–water partition coefficient (Wildman–Crippen LogP) is 5.85. The Morgan fingerprint density at radius 3 is 2.27 bits per heavy atom. The number of carbonyl (C=O) groups excluding carboxylic acids is 2. The summed E-state index contributed by atoms with van der Waals surface area (Å²) in [4.78, 5) is 29.3. The second kappa shape index (κ2) is 8.90. The van der Waals surface area contributed by atoms with E-state index in [2.05, 4.69) is 15.6 Å². The quantitative estimate of drug-likeness (QED) is 0.387. The van der Waals surface area contributed by atoms with Gasteiger partial charge in [0.05, 0.1) is 21.6 Å². The number of aromatic nitrogens is 1. The minimum Gasteiger partial charge on any atom is -0.321 e. The second-order valence-electron chi connectivity index (χ2n) is 6.35. The molecule has 0 bridgehead atoms. The van der Waals surface area contributed by atoms with Gasteiger partial charge in [-0.2, -0.15) is 0 Å². The third kappa shape index (κ3) is 4.74. The molecule has 0 unspecified atom stereocenters. The van der Waals surface area contributed by atoms with Crippen molar-refractivity contribution in [2.24, 2.45) is 0 Å². The largest absolute Gasteiger partial charge is 0.321 e. The Balaban J connectivity index is 1.46. The maximum atomic E-state index is 12.5. The van der Waals surface area contributed by atoms with Crippen molar-refractivity contribution in [2.45, 2.75) is 0 Å². The molecule has 148 valence electrons. The molecule has 0 saturated heterocycles. The van der Waals surface area contributed by atoms with Crippen LogP contribution in [0.1, 0.15) is 15.4 Å². The van der Waals surface area contributed by atoms with E-state index >= 15 is 0 Å². The summed E-state index contributed by atoms with van der Waals surface area (Å²) in [5.74, 6) is -0.610. The smallest absolute Gasteiger partial charge is 0.255 e. The van der Waals surface area contributed by atoms with E-state index in [1.807, 2.05) is 24.3 Å². The first-order valence-corrected chi connectivity index (χ1v) is 10.3. The van der Waals surface area contributed by atoms with E-state index < -0.39 is 0 Å². The molecule has 7 heteroatoms. The van der Waals surface area contributed by atoms with E-state index in [0.29, 0.717) is 22.0 Å². The predicted molar refractivity (Wildman–Crippen MR) is 123 cm³/mol. The highest BCUT2D eigenvalue weighted by atomic mass is 35.5. The summed E-state index contributed by atoms with van der Waals surface area (Å²) in [6, 6.07) is 21.4. The fourth-order valence-electron chi connectivity index (χ4n) is 2.78. The van der Waals surface area contributed by atoms with Crippen molar-refractivity contribution in [3.63, 3.8) is 0 Å². The van der Waals surface area contributed by atoms with E-state index in [9.17, 15) is 9.59 Å². The molecule has 0 aliphatic rings. The Bertz CT molecular complexity index is 1220. The molecule has 0 aliphatic carbocycles. The number of nitrogens with one attached hydrogen (secondary N) is 2. The van der Waals surface area contributed by atoms with Crippen LogP contribution in [0.3, 0.4) is 0 Å². The number of rotatable bonds is 5. The standard InChI is InChI=1S/C23H16ClN3O2S/c24-16-11-9-15(10-12-16)23(29)27-18-6-2-1-5-17(18)25-21(28)13-14-22-26-19-7-3-4-8-20(19)30-22/h1-14H,(H,25,28)(H,27,29)/b14-13+. The second-order valence-corrected chi connectivity index (χ2v) is 7.85. The lowest BCUT2D eigenvalue weighted by atomic mass is 10.2. The Morgan fingerprint density at radius 2 is 1.53 bits per heavy atom. The lowest BCUT2D eigenvalue weighted by Crippen LogP contribution is -2.15. The summed E-state index contributed by atoms with van der Waals surface area (Å²) >= 11 is 7.38. The molecule has 3 aromatic carbocycles. The van der Waals surface area contributed by atoms with Crippen LogP contribution in [0.15, 0.2) is 78.9 Å². The third-order valence-electron chi connectivity index (χ3n) is 4.23. The highest BCUT2D eigenvalue weighted by molar-refractivity contribution is 7.19. The van der Waals surface area contributed by atoms with Crippen molar-refractivity contribution in [2.75, 3.05) is 10.6 Å². The van der Waals surface area contributed by atoms with Gasteiger partial charge in [-0.3, -0.25) is 9.59 Å². The zero-order chi connectivity index (χ0) is 20.9. The lowest BCUT2D eigenvalue weighted by molar-refractivity contribution is -0.111. The monoisotopic (exact) mass is 433 g/mol. The van der Waals surface area contributed by atoms with E-state index in [4.69, 9.17) is 11.6 Å². The zero-order valence-corrected chi connectivity index (χ0v) is 17.2. The van der Waals surface area contributed by atoms with Crippen molar-refractivity contribution in [1.29, 1.82) is 0 Å². The molecular formula is C23H16ClN3O2S. The van der Waals surface area contributed by atoms with Crippen LogP contribution in [-0.4, -0.2) is 16.8 Å². The molecule has 0 atom stereocenters. The summed E-state index contributed by atoms with van der Waals surface area (Å²) in [5.41, 5.74) is 2.37. The van der Waals surface area contributed by atoms with Gasteiger partial charge in [-0.15, -0.1) is 11.3 Å². The van der Waals surface area contributed by atoms with Gasteiger partial charge < -0.3 is 10.6 Å². The third-order valence-corrected chi connectivity index (χ3v) is 5.48. The van der Waals surface area contributed by atoms with Gasteiger partial charge >= 0.3 is 0 Å². The molecule has 2 amide bonds. The first-order valence-electron chi connectivity index (χ1n) is 9.09. The molecule has 30 heavy (non-hydrogen) atoms. The summed E-state index contributed by atoms with van der Waals surface area (Å²) < 4.78 is 1.06. The molecule has 1 heterocycles. The molecule has 4 aromatic rings. The van der Waals surface area contributed by atoms with Crippen LogP contribution in [0.4, 0.5) is 11.4 Å². The molecule has 0 aliphatic heterocycles. The van der Waals surface area contributed by atoms with Crippen LogP contribution < -0.4 is 10.6 Å². The molecule has 5 nitrogen and oxygen atoms in total. The van der Waals surface area contributed by atoms with Gasteiger partial charge in [0, 0.05) is 16.7 Å². The average Bonchev–Trinajstić information content (AvgIpc) is 3.17. The summed E-state index contributed by atoms with van der Waals surface area (Å²) in [6.45, 7) is 0. The highest BCUT2D eigenvalue weighted by Gasteiger charge is 2.10. The van der Waals surface area contributed by atoms with Crippen LogP contribution in [0, 0.1) is 0 Å². The molecule has 2 N–H and O–H groups in total. The highest BCUT2D eigenvalue weighted by Crippen LogP contribution is 2.24. The van der Waals surface area contributed by atoms with Crippen LogP contribution >= 0.6 is 22.9 Å². The van der Waals surface area contributed by atoms with Crippen LogP contribution in [0.2, 0.25) is 5.02 Å². The molecule has 0 fully saturated rings. The molecule has 0 spiro atoms. The number of carbonyl (C=O) groups is 2. The van der Waals surface area contributed by atoms with Gasteiger partial charge in [0.2, 0.25) is 5.91 Å². The minimum atomic E-state index is -0.317. The number of amides is 2. The van der Waals surface area contributed by atoms with Gasteiger partial charge in [0.15, 0.2) is 0 Å². The lowest BCUT2D eigenvalue weighted by Gasteiger charge is -2.11. The van der Waals surface area contributed by atoms with E-state index in [-0.39, 0.29) is 11.8 Å². The molecular weight excluding hydrogens is 418 g/mol. The molecule has 0 radical (unpaired) electrons. The fourth-order valence-corrected chi connectivity index (χ4v) is 3.78. The van der Waals surface area contributed by atoms with E-state index in [0.717, 1.165) is 15.2 Å². The number of hydrogen-bond donors (Lipinski definition) is 2. The maximum absolute atomic E-state index is 12.5. The van der Waals surface area contributed by atoms with Crippen molar-refractivity contribution in [3.05, 3.63) is 94.5 Å². The summed E-state index contributed by atoms with van der Waals surface area (Å²) in [6.07, 6.45) is 3.10. The Labute approximate surface area is 182 Å². The van der Waals surface area contributed by atoms with Crippen molar-refractivity contribution in [1.82, 2.24) is 4.98 Å². The van der Waals surface area contributed by atoms with Gasteiger partial charge in [0.25, 0.3) is 5.91 Å². The Kier molecular flexibility index (Phi) is 5.88. The SMILES string of the molecule is O=C(/C=C/c1nc2ccccc2s1)Nc1ccccc1NC(=O)c1ccc(Cl)cc1.